The van der Waals surface area contributed by atoms with Gasteiger partial charge in [0.2, 0.25) is 10.0 Å². The minimum atomic E-state index is -3.11. The quantitative estimate of drug-likeness (QED) is 0.696. The molecule has 27 heavy (non-hydrogen) atoms. The zero-order valence-corrected chi connectivity index (χ0v) is 17.4. The second-order valence-corrected chi connectivity index (χ2v) is 10.3. The van der Waals surface area contributed by atoms with Crippen LogP contribution in [0.3, 0.4) is 0 Å². The zero-order valence-electron chi connectivity index (χ0n) is 15.7. The molecule has 0 aliphatic carbocycles. The molecule has 0 aromatic heterocycles. The molecule has 0 bridgehead atoms. The van der Waals surface area contributed by atoms with Crippen LogP contribution < -0.4 is 5.32 Å². The van der Waals surface area contributed by atoms with Crippen molar-refractivity contribution in [1.82, 2.24) is 9.62 Å². The van der Waals surface area contributed by atoms with Gasteiger partial charge in [0.15, 0.2) is 0 Å². The first-order valence-electron chi connectivity index (χ1n) is 9.50. The number of thioether (sulfide) groups is 1. The number of carbonyl (C=O) groups excluding carboxylic acids is 1. The number of benzene rings is 1. The third kappa shape index (κ3) is 5.94. The molecule has 8 heteroatoms. The van der Waals surface area contributed by atoms with Gasteiger partial charge in [0.1, 0.15) is 0 Å². The summed E-state index contributed by atoms with van der Waals surface area (Å²) < 4.78 is 30.3. The topological polar surface area (TPSA) is 75.7 Å². The van der Waals surface area contributed by atoms with Crippen LogP contribution in [0.2, 0.25) is 0 Å². The summed E-state index contributed by atoms with van der Waals surface area (Å²) in [5.41, 5.74) is 0.703. The summed E-state index contributed by atoms with van der Waals surface area (Å²) in [6.45, 7) is 2.49. The Morgan fingerprint density at radius 2 is 2.00 bits per heavy atom. The Morgan fingerprint density at radius 3 is 2.67 bits per heavy atom. The average molecular weight is 413 g/mol. The maximum Gasteiger partial charge on any atom is 0.252 e. The highest BCUT2D eigenvalue weighted by Crippen LogP contribution is 2.27. The van der Waals surface area contributed by atoms with Gasteiger partial charge >= 0.3 is 0 Å². The summed E-state index contributed by atoms with van der Waals surface area (Å²) in [6, 6.07) is 7.68. The number of carbonyl (C=O) groups is 1. The van der Waals surface area contributed by atoms with Crippen molar-refractivity contribution in [2.75, 3.05) is 38.2 Å². The van der Waals surface area contributed by atoms with Crippen molar-refractivity contribution >= 4 is 27.7 Å². The predicted molar refractivity (Wildman–Crippen MR) is 108 cm³/mol. The van der Waals surface area contributed by atoms with E-state index in [9.17, 15) is 13.2 Å². The van der Waals surface area contributed by atoms with Gasteiger partial charge in [-0.05, 0) is 43.7 Å². The van der Waals surface area contributed by atoms with E-state index in [1.165, 1.54) is 10.6 Å². The first kappa shape index (κ1) is 20.6. The van der Waals surface area contributed by atoms with E-state index in [0.29, 0.717) is 31.1 Å². The molecule has 2 aliphatic rings. The lowest BCUT2D eigenvalue weighted by Gasteiger charge is -2.30. The van der Waals surface area contributed by atoms with Crippen molar-refractivity contribution in [1.29, 1.82) is 0 Å². The molecular weight excluding hydrogens is 384 g/mol. The fourth-order valence-electron chi connectivity index (χ4n) is 3.52. The van der Waals surface area contributed by atoms with E-state index < -0.39 is 10.0 Å². The maximum absolute atomic E-state index is 12.7. The maximum atomic E-state index is 12.7. The average Bonchev–Trinajstić information content (AvgIpc) is 3.18. The standard InChI is InChI=1S/C19H28N2O4S2/c1-27(23,24)21-10-8-15(9-11-21)13-20-19(22)17-6-2-3-7-18(17)26-14-16-5-4-12-25-16/h2-3,6-7,15-16H,4-5,8-14H2,1H3,(H,20,22). The van der Waals surface area contributed by atoms with Crippen LogP contribution in [0.4, 0.5) is 0 Å². The molecule has 1 N–H and O–H groups in total. The molecule has 0 spiro atoms. The van der Waals surface area contributed by atoms with Crippen LogP contribution in [0.25, 0.3) is 0 Å². The minimum Gasteiger partial charge on any atom is -0.377 e. The second-order valence-electron chi connectivity index (χ2n) is 7.26. The van der Waals surface area contributed by atoms with Gasteiger partial charge in [0, 0.05) is 36.9 Å². The first-order chi connectivity index (χ1) is 12.9. The van der Waals surface area contributed by atoms with E-state index in [1.807, 2.05) is 24.3 Å². The molecular formula is C19H28N2O4S2. The SMILES string of the molecule is CS(=O)(=O)N1CCC(CNC(=O)c2ccccc2SCC2CCCO2)CC1. The van der Waals surface area contributed by atoms with E-state index >= 15 is 0 Å². The van der Waals surface area contributed by atoms with E-state index in [4.69, 9.17) is 4.74 Å². The molecule has 6 nitrogen and oxygen atoms in total. The Hall–Kier alpha value is -1.09. The Bertz CT molecular complexity index is 740. The normalized spacial score (nSPS) is 22.0. The third-order valence-electron chi connectivity index (χ3n) is 5.17. The highest BCUT2D eigenvalue weighted by atomic mass is 32.2. The molecule has 1 aromatic rings. The number of hydrogen-bond acceptors (Lipinski definition) is 5. The van der Waals surface area contributed by atoms with Crippen LogP contribution in [0.1, 0.15) is 36.0 Å². The number of rotatable bonds is 7. The Morgan fingerprint density at radius 1 is 1.26 bits per heavy atom. The van der Waals surface area contributed by atoms with Crippen molar-refractivity contribution in [3.8, 4) is 0 Å². The molecule has 3 rings (SSSR count). The summed E-state index contributed by atoms with van der Waals surface area (Å²) >= 11 is 1.68. The highest BCUT2D eigenvalue weighted by molar-refractivity contribution is 7.99. The molecule has 1 unspecified atom stereocenters. The molecule has 2 saturated heterocycles. The fourth-order valence-corrected chi connectivity index (χ4v) is 5.51. The van der Waals surface area contributed by atoms with E-state index in [1.54, 1.807) is 11.8 Å². The number of sulfonamides is 1. The molecule has 1 aromatic carbocycles. The fraction of sp³-hybridized carbons (Fsp3) is 0.632. The molecule has 2 heterocycles. The molecule has 2 fully saturated rings. The summed E-state index contributed by atoms with van der Waals surface area (Å²) in [6.07, 6.45) is 5.30. The van der Waals surface area contributed by atoms with E-state index in [0.717, 1.165) is 42.9 Å². The van der Waals surface area contributed by atoms with E-state index in [-0.39, 0.29) is 12.0 Å². The van der Waals surface area contributed by atoms with Crippen molar-refractivity contribution < 1.29 is 17.9 Å². The van der Waals surface area contributed by atoms with Gasteiger partial charge in [-0.2, -0.15) is 0 Å². The highest BCUT2D eigenvalue weighted by Gasteiger charge is 2.25. The van der Waals surface area contributed by atoms with Gasteiger partial charge < -0.3 is 10.1 Å². The van der Waals surface area contributed by atoms with Crippen LogP contribution in [-0.4, -0.2) is 63.0 Å². The lowest BCUT2D eigenvalue weighted by atomic mass is 9.98. The van der Waals surface area contributed by atoms with Crippen LogP contribution in [0.5, 0.6) is 0 Å². The molecule has 1 atom stereocenters. The number of amides is 1. The van der Waals surface area contributed by atoms with Gasteiger partial charge in [0.05, 0.1) is 17.9 Å². The number of nitrogens with one attached hydrogen (secondary N) is 1. The largest absolute Gasteiger partial charge is 0.377 e. The van der Waals surface area contributed by atoms with Crippen LogP contribution >= 0.6 is 11.8 Å². The summed E-state index contributed by atoms with van der Waals surface area (Å²) in [7, 11) is -3.11. The Labute approximate surface area is 166 Å². The van der Waals surface area contributed by atoms with Crippen LogP contribution in [-0.2, 0) is 14.8 Å². The van der Waals surface area contributed by atoms with Gasteiger partial charge in [-0.3, -0.25) is 4.79 Å². The number of nitrogens with zero attached hydrogens (tertiary/aromatic N) is 1. The number of ether oxygens (including phenoxy) is 1. The van der Waals surface area contributed by atoms with Gasteiger partial charge in [0.25, 0.3) is 5.91 Å². The summed E-state index contributed by atoms with van der Waals surface area (Å²) in [4.78, 5) is 13.6. The molecule has 0 saturated carbocycles. The smallest absolute Gasteiger partial charge is 0.252 e. The van der Waals surface area contributed by atoms with Gasteiger partial charge in [-0.15, -0.1) is 11.8 Å². The van der Waals surface area contributed by atoms with E-state index in [2.05, 4.69) is 5.32 Å². The van der Waals surface area contributed by atoms with Crippen LogP contribution in [0, 0.1) is 5.92 Å². The Balaban J connectivity index is 1.49. The molecule has 0 radical (unpaired) electrons. The molecule has 2 aliphatic heterocycles. The summed E-state index contributed by atoms with van der Waals surface area (Å²) in [5.74, 6) is 1.13. The lowest BCUT2D eigenvalue weighted by molar-refractivity contribution is 0.0938. The minimum absolute atomic E-state index is 0.0593. The lowest BCUT2D eigenvalue weighted by Crippen LogP contribution is -2.41. The second kappa shape index (κ2) is 9.41. The number of piperidine rings is 1. The summed E-state index contributed by atoms with van der Waals surface area (Å²) in [5, 5.41) is 3.04. The zero-order chi connectivity index (χ0) is 19.3. The van der Waals surface area contributed by atoms with Crippen molar-refractivity contribution in [2.45, 2.75) is 36.7 Å². The van der Waals surface area contributed by atoms with Crippen molar-refractivity contribution in [3.63, 3.8) is 0 Å². The predicted octanol–water partition coefficient (Wildman–Crippen LogP) is 2.36. The van der Waals surface area contributed by atoms with Crippen LogP contribution in [0.15, 0.2) is 29.2 Å². The number of hydrogen-bond donors (Lipinski definition) is 1. The Kier molecular flexibility index (Phi) is 7.19. The van der Waals surface area contributed by atoms with Crippen molar-refractivity contribution in [2.24, 2.45) is 5.92 Å². The first-order valence-corrected chi connectivity index (χ1v) is 12.3. The monoisotopic (exact) mass is 412 g/mol. The molecule has 1 amide bonds. The van der Waals surface area contributed by atoms with Gasteiger partial charge in [-0.25, -0.2) is 12.7 Å². The van der Waals surface area contributed by atoms with Gasteiger partial charge in [-0.1, -0.05) is 12.1 Å². The van der Waals surface area contributed by atoms with Crippen molar-refractivity contribution in [3.05, 3.63) is 29.8 Å². The third-order valence-corrected chi connectivity index (χ3v) is 7.68. The molecule has 150 valence electrons.